The largest absolute Gasteiger partial charge is 0.370 e. The van der Waals surface area contributed by atoms with Gasteiger partial charge in [0.1, 0.15) is 18.1 Å². The number of primary amides is 2. The van der Waals surface area contributed by atoms with Crippen LogP contribution in [0.4, 0.5) is 5.95 Å². The molecule has 2 rings (SSSR count). The van der Waals surface area contributed by atoms with E-state index in [2.05, 4.69) is 38.2 Å². The number of unbranched alkanes of at least 4 members (excludes halogenated alkanes) is 12. The number of imidazole rings is 1. The monoisotopic (exact) mass is 710 g/mol. The van der Waals surface area contributed by atoms with E-state index >= 15 is 0 Å². The Hall–Kier alpha value is -4.42. The first-order valence-corrected chi connectivity index (χ1v) is 18.9. The highest BCUT2D eigenvalue weighted by Crippen LogP contribution is 2.13. The van der Waals surface area contributed by atoms with Crippen molar-refractivity contribution in [1.82, 2.24) is 25.9 Å². The van der Waals surface area contributed by atoms with Crippen molar-refractivity contribution < 1.29 is 24.0 Å². The zero-order valence-corrected chi connectivity index (χ0v) is 30.6. The lowest BCUT2D eigenvalue weighted by Gasteiger charge is -2.25. The van der Waals surface area contributed by atoms with Crippen molar-refractivity contribution in [2.24, 2.45) is 11.5 Å². The molecule has 0 bridgehead atoms. The lowest BCUT2D eigenvalue weighted by molar-refractivity contribution is -0.133. The third-order valence-corrected chi connectivity index (χ3v) is 8.87. The molecular formula is C38H62N8O5. The predicted molar refractivity (Wildman–Crippen MR) is 200 cm³/mol. The quantitative estimate of drug-likeness (QED) is 0.0575. The van der Waals surface area contributed by atoms with E-state index in [0.717, 1.165) is 31.2 Å². The number of hydrogen-bond acceptors (Lipinski definition) is 7. The highest BCUT2D eigenvalue weighted by Gasteiger charge is 2.29. The van der Waals surface area contributed by atoms with Crippen LogP contribution in [0.2, 0.25) is 0 Å². The molecule has 0 spiro atoms. The third-order valence-electron chi connectivity index (χ3n) is 8.87. The van der Waals surface area contributed by atoms with Crippen molar-refractivity contribution in [3.63, 3.8) is 0 Å². The number of carbonyl (C=O) groups excluding carboxylic acids is 5. The molecule has 51 heavy (non-hydrogen) atoms. The number of aromatic nitrogens is 2. The summed E-state index contributed by atoms with van der Waals surface area (Å²) in [6.45, 7) is 2.72. The lowest BCUT2D eigenvalue weighted by Crippen LogP contribution is -2.56. The fourth-order valence-corrected chi connectivity index (χ4v) is 5.89. The van der Waals surface area contributed by atoms with Crippen LogP contribution in [0.3, 0.4) is 0 Å². The first-order valence-electron chi connectivity index (χ1n) is 18.9. The second-order valence-electron chi connectivity index (χ2n) is 13.3. The van der Waals surface area contributed by atoms with Gasteiger partial charge in [-0.1, -0.05) is 114 Å². The van der Waals surface area contributed by atoms with Gasteiger partial charge in [-0.2, -0.15) is 0 Å². The average Bonchev–Trinajstić information content (AvgIpc) is 3.63. The van der Waals surface area contributed by atoms with E-state index in [1.165, 1.54) is 57.8 Å². The molecule has 0 aliphatic rings. The van der Waals surface area contributed by atoms with Crippen LogP contribution in [-0.4, -0.2) is 64.2 Å². The van der Waals surface area contributed by atoms with E-state index in [1.807, 2.05) is 18.2 Å². The van der Waals surface area contributed by atoms with Gasteiger partial charge in [0.2, 0.25) is 29.5 Å². The summed E-state index contributed by atoms with van der Waals surface area (Å²) in [4.78, 5) is 70.9. The molecule has 2 aromatic rings. The van der Waals surface area contributed by atoms with Crippen LogP contribution in [0, 0.1) is 0 Å². The Morgan fingerprint density at radius 1 is 0.686 bits per heavy atom. The van der Waals surface area contributed by atoms with Crippen molar-refractivity contribution in [3.05, 3.63) is 48.3 Å². The zero-order valence-electron chi connectivity index (χ0n) is 30.6. The summed E-state index contributed by atoms with van der Waals surface area (Å²) in [6, 6.07) is 5.89. The number of nitrogens with zero attached hydrogens (tertiary/aromatic N) is 1. The molecule has 0 radical (unpaired) electrons. The highest BCUT2D eigenvalue weighted by molar-refractivity contribution is 5.94. The van der Waals surface area contributed by atoms with Crippen molar-refractivity contribution in [2.45, 2.75) is 147 Å². The lowest BCUT2D eigenvalue weighted by atomic mass is 10.0. The van der Waals surface area contributed by atoms with Crippen LogP contribution >= 0.6 is 0 Å². The maximum Gasteiger partial charge on any atom is 0.243 e. The van der Waals surface area contributed by atoms with Crippen molar-refractivity contribution in [2.75, 3.05) is 11.9 Å². The van der Waals surface area contributed by atoms with Crippen LogP contribution in [0.1, 0.15) is 128 Å². The van der Waals surface area contributed by atoms with E-state index in [0.29, 0.717) is 18.9 Å². The van der Waals surface area contributed by atoms with E-state index in [4.69, 9.17) is 11.5 Å². The number of anilines is 1. The third kappa shape index (κ3) is 20.1. The smallest absolute Gasteiger partial charge is 0.243 e. The second-order valence-corrected chi connectivity index (χ2v) is 13.3. The Labute approximate surface area is 303 Å². The molecule has 0 saturated carbocycles. The molecule has 13 heteroatoms. The minimum Gasteiger partial charge on any atom is -0.370 e. The molecule has 0 aliphatic heterocycles. The topological polar surface area (TPSA) is 214 Å². The summed E-state index contributed by atoms with van der Waals surface area (Å²) in [6.07, 6.45) is 19.9. The van der Waals surface area contributed by atoms with Crippen LogP contribution in [-0.2, 0) is 30.4 Å². The highest BCUT2D eigenvalue weighted by atomic mass is 16.2. The summed E-state index contributed by atoms with van der Waals surface area (Å²) < 4.78 is 0. The van der Waals surface area contributed by atoms with E-state index in [-0.39, 0.29) is 38.0 Å². The number of aromatic amines is 1. The summed E-state index contributed by atoms with van der Waals surface area (Å²) in [5, 5.41) is 11.3. The van der Waals surface area contributed by atoms with Gasteiger partial charge >= 0.3 is 0 Å². The van der Waals surface area contributed by atoms with Crippen LogP contribution in [0.5, 0.6) is 0 Å². The number of nitrogens with one attached hydrogen (secondary N) is 5. The maximum atomic E-state index is 13.6. The Balaban J connectivity index is 1.92. The second kappa shape index (κ2) is 26.4. The maximum absolute atomic E-state index is 13.6. The predicted octanol–water partition coefficient (Wildman–Crippen LogP) is 4.53. The zero-order chi connectivity index (χ0) is 37.1. The van der Waals surface area contributed by atoms with E-state index < -0.39 is 41.8 Å². The Morgan fingerprint density at radius 3 is 1.80 bits per heavy atom. The van der Waals surface area contributed by atoms with E-state index in [1.54, 1.807) is 24.5 Å². The van der Waals surface area contributed by atoms with Gasteiger partial charge in [-0.05, 0) is 31.2 Å². The summed E-state index contributed by atoms with van der Waals surface area (Å²) in [7, 11) is 0. The van der Waals surface area contributed by atoms with Gasteiger partial charge in [0.25, 0.3) is 0 Å². The molecule has 13 nitrogen and oxygen atoms in total. The molecule has 0 saturated heterocycles. The fourth-order valence-electron chi connectivity index (χ4n) is 5.89. The van der Waals surface area contributed by atoms with Gasteiger partial charge in [-0.3, -0.25) is 24.0 Å². The number of benzene rings is 1. The van der Waals surface area contributed by atoms with Gasteiger partial charge in [0, 0.05) is 38.2 Å². The molecule has 0 aliphatic carbocycles. The first-order chi connectivity index (χ1) is 24.7. The molecule has 5 amide bonds. The number of nitrogens with two attached hydrogens (primary N) is 2. The standard InChI is InChI=1S/C38H62N8O5/c1-2-3-4-5-6-7-8-9-10-11-12-13-17-22-34(48)44-30(21-18-25-41-38-42-26-27-43-38)36(50)45-31(23-24-33(39)47)37(51)46-32(35(40)49)28-29-19-15-14-16-20-29/h14-16,19-20,26-27,30-32H,2-13,17-18,21-25,28H2,1H3,(H2,39,47)(H2,40,49)(H,44,48)(H,45,50)(H,46,51)(H2,41,42,43)/t30-,31-,32-/m0/s1. The fraction of sp³-hybridized carbons (Fsp3) is 0.632. The normalized spacial score (nSPS) is 12.7. The van der Waals surface area contributed by atoms with Gasteiger partial charge in [0.05, 0.1) is 0 Å². The first kappa shape index (κ1) is 42.7. The van der Waals surface area contributed by atoms with Crippen LogP contribution in [0.25, 0.3) is 0 Å². The minimum absolute atomic E-state index is 0.0938. The molecule has 0 unspecified atom stereocenters. The van der Waals surface area contributed by atoms with Crippen LogP contribution < -0.4 is 32.7 Å². The Bertz CT molecular complexity index is 1270. The Kier molecular flexibility index (Phi) is 22.1. The van der Waals surface area contributed by atoms with Gasteiger partial charge in [0.15, 0.2) is 5.95 Å². The van der Waals surface area contributed by atoms with Crippen molar-refractivity contribution in [1.29, 1.82) is 0 Å². The molecule has 1 aromatic heterocycles. The molecule has 1 aromatic carbocycles. The average molecular weight is 711 g/mol. The summed E-state index contributed by atoms with van der Waals surface area (Å²) in [5.74, 6) is -2.30. The van der Waals surface area contributed by atoms with Crippen molar-refractivity contribution >= 4 is 35.5 Å². The molecule has 0 fully saturated rings. The Morgan fingerprint density at radius 2 is 1.25 bits per heavy atom. The molecule has 1 heterocycles. The van der Waals surface area contributed by atoms with Gasteiger partial charge < -0.3 is 37.7 Å². The van der Waals surface area contributed by atoms with Crippen molar-refractivity contribution in [3.8, 4) is 0 Å². The molecular weight excluding hydrogens is 648 g/mol. The number of carbonyl (C=O) groups is 5. The minimum atomic E-state index is -1.19. The summed E-state index contributed by atoms with van der Waals surface area (Å²) in [5.41, 5.74) is 11.7. The molecule has 284 valence electrons. The van der Waals surface area contributed by atoms with E-state index in [9.17, 15) is 24.0 Å². The number of H-pyrrole nitrogens is 1. The molecule has 3 atom stereocenters. The number of rotatable bonds is 30. The summed E-state index contributed by atoms with van der Waals surface area (Å²) >= 11 is 0. The molecule has 9 N–H and O–H groups in total. The number of hydrogen-bond donors (Lipinski definition) is 7. The van der Waals surface area contributed by atoms with Crippen LogP contribution in [0.15, 0.2) is 42.7 Å². The number of amides is 5. The van der Waals surface area contributed by atoms with Gasteiger partial charge in [-0.15, -0.1) is 0 Å². The SMILES string of the molecule is CCCCCCCCCCCCCCCC(=O)N[C@@H](CCCNc1ncc[nH]1)C(=O)N[C@@H](CCC(N)=O)C(=O)N[C@@H](Cc1ccccc1)C(N)=O. The van der Waals surface area contributed by atoms with Gasteiger partial charge in [-0.25, -0.2) is 4.98 Å².